The smallest absolute Gasteiger partial charge is 0.305 e. The number of pyridine rings is 1. The number of nitrogens with one attached hydrogen (secondary N) is 1. The lowest BCUT2D eigenvalue weighted by molar-refractivity contribution is -0.385. The second-order valence-corrected chi connectivity index (χ2v) is 8.35. The van der Waals surface area contributed by atoms with Gasteiger partial charge in [-0.15, -0.1) is 11.3 Å². The van der Waals surface area contributed by atoms with Gasteiger partial charge in [0.25, 0.3) is 5.56 Å². The van der Waals surface area contributed by atoms with Crippen molar-refractivity contribution in [3.05, 3.63) is 54.6 Å². The Balaban J connectivity index is 1.45. The van der Waals surface area contributed by atoms with Crippen molar-refractivity contribution >= 4 is 33.1 Å². The highest BCUT2D eigenvalue weighted by Crippen LogP contribution is 2.26. The summed E-state index contributed by atoms with van der Waals surface area (Å²) in [6.07, 6.45) is 0. The molecule has 1 fully saturated rings. The molecule has 0 aliphatic carbocycles. The molecule has 0 aromatic carbocycles. The van der Waals surface area contributed by atoms with Crippen molar-refractivity contribution in [1.29, 1.82) is 5.26 Å². The van der Waals surface area contributed by atoms with Gasteiger partial charge in [-0.2, -0.15) is 5.26 Å². The standard InChI is InChI=1S/C19H19N7O3S/c1-11-12(2)30-19-17(11)18(27)22-15(23-19)10-24-5-7-25(8-6-24)16-4-3-14(26(28)29)13(9-20)21-16/h3-4H,5-8,10H2,1-2H3,(H,22,23,27). The zero-order chi connectivity index (χ0) is 21.4. The van der Waals surface area contributed by atoms with Crippen LogP contribution in [0.25, 0.3) is 10.2 Å². The van der Waals surface area contributed by atoms with Crippen LogP contribution in [-0.4, -0.2) is 51.0 Å². The van der Waals surface area contributed by atoms with E-state index < -0.39 is 4.92 Å². The Labute approximate surface area is 175 Å². The van der Waals surface area contributed by atoms with E-state index in [9.17, 15) is 14.9 Å². The molecule has 0 amide bonds. The fourth-order valence-electron chi connectivity index (χ4n) is 3.57. The van der Waals surface area contributed by atoms with Gasteiger partial charge < -0.3 is 9.88 Å². The molecule has 0 spiro atoms. The lowest BCUT2D eigenvalue weighted by atomic mass is 10.2. The number of thiophene rings is 1. The third-order valence-electron chi connectivity index (χ3n) is 5.32. The van der Waals surface area contributed by atoms with Crippen LogP contribution < -0.4 is 10.5 Å². The number of anilines is 1. The van der Waals surface area contributed by atoms with Gasteiger partial charge in [-0.25, -0.2) is 9.97 Å². The fourth-order valence-corrected chi connectivity index (χ4v) is 4.62. The number of aromatic amines is 1. The maximum atomic E-state index is 12.5. The van der Waals surface area contributed by atoms with Crippen molar-refractivity contribution in [2.24, 2.45) is 0 Å². The Bertz CT molecular complexity index is 1240. The van der Waals surface area contributed by atoms with Crippen molar-refractivity contribution in [3.8, 4) is 6.07 Å². The molecule has 154 valence electrons. The minimum atomic E-state index is -0.603. The van der Waals surface area contributed by atoms with Crippen LogP contribution in [0.3, 0.4) is 0 Å². The number of hydrogen-bond donors (Lipinski definition) is 1. The van der Waals surface area contributed by atoms with Crippen LogP contribution in [0.15, 0.2) is 16.9 Å². The molecule has 4 rings (SSSR count). The van der Waals surface area contributed by atoms with E-state index in [2.05, 4.69) is 19.9 Å². The van der Waals surface area contributed by atoms with Crippen LogP contribution >= 0.6 is 11.3 Å². The Hall–Kier alpha value is -3.36. The molecule has 0 saturated carbocycles. The van der Waals surface area contributed by atoms with E-state index in [0.29, 0.717) is 49.8 Å². The van der Waals surface area contributed by atoms with Crippen LogP contribution in [0.5, 0.6) is 0 Å². The summed E-state index contributed by atoms with van der Waals surface area (Å²) in [7, 11) is 0. The molecule has 10 nitrogen and oxygen atoms in total. The van der Waals surface area contributed by atoms with E-state index in [0.717, 1.165) is 15.3 Å². The zero-order valence-corrected chi connectivity index (χ0v) is 17.3. The molecule has 30 heavy (non-hydrogen) atoms. The third-order valence-corrected chi connectivity index (χ3v) is 6.42. The Morgan fingerprint density at radius 2 is 2.00 bits per heavy atom. The maximum absolute atomic E-state index is 12.5. The first-order valence-corrected chi connectivity index (χ1v) is 10.2. The van der Waals surface area contributed by atoms with Crippen LogP contribution in [0.2, 0.25) is 0 Å². The van der Waals surface area contributed by atoms with Crippen LogP contribution in [0.1, 0.15) is 22.0 Å². The number of fused-ring (bicyclic) bond motifs is 1. The van der Waals surface area contributed by atoms with Crippen LogP contribution in [0, 0.1) is 35.3 Å². The molecular weight excluding hydrogens is 406 g/mol. The average Bonchev–Trinajstić information content (AvgIpc) is 3.01. The third kappa shape index (κ3) is 3.62. The van der Waals surface area contributed by atoms with Gasteiger partial charge in [0.05, 0.1) is 16.9 Å². The van der Waals surface area contributed by atoms with Gasteiger partial charge in [-0.05, 0) is 25.5 Å². The lowest BCUT2D eigenvalue weighted by Gasteiger charge is -2.35. The molecule has 3 aromatic heterocycles. The topological polar surface area (TPSA) is 132 Å². The molecule has 0 bridgehead atoms. The second kappa shape index (κ2) is 7.81. The largest absolute Gasteiger partial charge is 0.354 e. The molecule has 0 radical (unpaired) electrons. The van der Waals surface area contributed by atoms with Gasteiger partial charge in [0, 0.05) is 37.1 Å². The van der Waals surface area contributed by atoms with Gasteiger partial charge in [-0.1, -0.05) is 0 Å². The number of rotatable bonds is 4. The summed E-state index contributed by atoms with van der Waals surface area (Å²) in [6, 6.07) is 4.69. The van der Waals surface area contributed by atoms with E-state index in [1.54, 1.807) is 12.1 Å². The summed E-state index contributed by atoms with van der Waals surface area (Å²) in [5.74, 6) is 1.19. The predicted molar refractivity (Wildman–Crippen MR) is 113 cm³/mol. The molecule has 11 heteroatoms. The van der Waals surface area contributed by atoms with Crippen LogP contribution in [0.4, 0.5) is 11.5 Å². The van der Waals surface area contributed by atoms with Crippen LogP contribution in [-0.2, 0) is 6.54 Å². The number of nitrogens with zero attached hydrogens (tertiary/aromatic N) is 6. The van der Waals surface area contributed by atoms with Crippen molar-refractivity contribution in [2.75, 3.05) is 31.1 Å². The SMILES string of the molecule is Cc1sc2nc(CN3CCN(c4ccc([N+](=O)[O-])c(C#N)n4)CC3)[nH]c(=O)c2c1C. The summed E-state index contributed by atoms with van der Waals surface area (Å²) >= 11 is 1.53. The molecular formula is C19H19N7O3S. The highest BCUT2D eigenvalue weighted by molar-refractivity contribution is 7.18. The van der Waals surface area contributed by atoms with E-state index in [1.165, 1.54) is 17.4 Å². The lowest BCUT2D eigenvalue weighted by Crippen LogP contribution is -2.46. The van der Waals surface area contributed by atoms with Gasteiger partial charge in [-0.3, -0.25) is 19.8 Å². The van der Waals surface area contributed by atoms with Crippen molar-refractivity contribution in [3.63, 3.8) is 0 Å². The molecule has 1 saturated heterocycles. The van der Waals surface area contributed by atoms with Crippen molar-refractivity contribution in [1.82, 2.24) is 19.9 Å². The quantitative estimate of drug-likeness (QED) is 0.496. The predicted octanol–water partition coefficient (Wildman–Crippen LogP) is 2.10. The number of aryl methyl sites for hydroxylation is 2. The second-order valence-electron chi connectivity index (χ2n) is 7.15. The number of hydrogen-bond acceptors (Lipinski definition) is 9. The van der Waals surface area contributed by atoms with Gasteiger partial charge >= 0.3 is 5.69 Å². The highest BCUT2D eigenvalue weighted by atomic mass is 32.1. The summed E-state index contributed by atoms with van der Waals surface area (Å²) in [6.45, 7) is 7.19. The fraction of sp³-hybridized carbons (Fsp3) is 0.368. The summed E-state index contributed by atoms with van der Waals surface area (Å²) in [5.41, 5.74) is 0.409. The molecule has 3 aromatic rings. The number of aromatic nitrogens is 3. The van der Waals surface area contributed by atoms with Crippen molar-refractivity contribution < 1.29 is 4.92 Å². The summed E-state index contributed by atoms with van der Waals surface area (Å²) < 4.78 is 0. The number of piperazine rings is 1. The minimum Gasteiger partial charge on any atom is -0.354 e. The minimum absolute atomic E-state index is 0.102. The van der Waals surface area contributed by atoms with Gasteiger partial charge in [0.2, 0.25) is 5.69 Å². The Kier molecular flexibility index (Phi) is 5.19. The van der Waals surface area contributed by atoms with Gasteiger partial charge in [0.1, 0.15) is 22.5 Å². The first kappa shape index (κ1) is 19.9. The molecule has 1 aliphatic heterocycles. The first-order valence-electron chi connectivity index (χ1n) is 9.39. The number of H-pyrrole nitrogens is 1. The molecule has 4 heterocycles. The van der Waals surface area contributed by atoms with E-state index >= 15 is 0 Å². The highest BCUT2D eigenvalue weighted by Gasteiger charge is 2.22. The molecule has 1 N–H and O–H groups in total. The molecule has 1 aliphatic rings. The van der Waals surface area contributed by atoms with E-state index in [-0.39, 0.29) is 16.9 Å². The average molecular weight is 425 g/mol. The molecule has 0 unspecified atom stereocenters. The molecule has 0 atom stereocenters. The Morgan fingerprint density at radius 3 is 2.67 bits per heavy atom. The normalized spacial score (nSPS) is 14.8. The van der Waals surface area contributed by atoms with E-state index in [1.807, 2.05) is 18.7 Å². The number of nitriles is 1. The maximum Gasteiger partial charge on any atom is 0.305 e. The monoisotopic (exact) mass is 425 g/mol. The number of nitro groups is 1. The van der Waals surface area contributed by atoms with E-state index in [4.69, 9.17) is 5.26 Å². The zero-order valence-electron chi connectivity index (χ0n) is 16.5. The Morgan fingerprint density at radius 1 is 1.27 bits per heavy atom. The first-order chi connectivity index (χ1) is 14.4. The summed E-state index contributed by atoms with van der Waals surface area (Å²) in [5, 5.41) is 20.8. The summed E-state index contributed by atoms with van der Waals surface area (Å²) in [4.78, 5) is 40.5. The van der Waals surface area contributed by atoms with Gasteiger partial charge in [0.15, 0.2) is 0 Å². The van der Waals surface area contributed by atoms with Crippen molar-refractivity contribution in [2.45, 2.75) is 20.4 Å².